The fourth-order valence-electron chi connectivity index (χ4n) is 0.676. The van der Waals surface area contributed by atoms with Crippen molar-refractivity contribution in [2.24, 2.45) is 0 Å². The molecule has 0 atom stereocenters. The van der Waals surface area contributed by atoms with Crippen molar-refractivity contribution >= 4 is 21.9 Å². The summed E-state index contributed by atoms with van der Waals surface area (Å²) in [5.74, 6) is -2.17. The third-order valence-corrected chi connectivity index (χ3v) is 1.61. The van der Waals surface area contributed by atoms with E-state index in [2.05, 4.69) is 20.9 Å². The molecule has 0 aliphatic heterocycles. The lowest BCUT2D eigenvalue weighted by Crippen LogP contribution is -2.09. The summed E-state index contributed by atoms with van der Waals surface area (Å²) < 4.78 is 0.211. The fraction of sp³-hybridized carbons (Fsp3) is 0. The predicted octanol–water partition coefficient (Wildman–Crippen LogP) is 0.541. The summed E-state index contributed by atoms with van der Waals surface area (Å²) in [7, 11) is 0. The Morgan fingerprint density at radius 3 is 2.67 bits per heavy atom. The van der Waals surface area contributed by atoms with E-state index in [1.54, 1.807) is 0 Å². The van der Waals surface area contributed by atoms with Gasteiger partial charge in [-0.2, -0.15) is 0 Å². The van der Waals surface area contributed by atoms with Crippen molar-refractivity contribution in [2.75, 3.05) is 0 Å². The maximum Gasteiger partial charge on any atom is 0.356 e. The number of H-pyrrole nitrogens is 1. The van der Waals surface area contributed by atoms with E-state index < -0.39 is 22.8 Å². The van der Waals surface area contributed by atoms with Crippen LogP contribution in [0.3, 0.4) is 0 Å². The van der Waals surface area contributed by atoms with Gasteiger partial charge in [0.25, 0.3) is 0 Å². The van der Waals surface area contributed by atoms with Gasteiger partial charge in [-0.15, -0.1) is 0 Å². The Kier molecular flexibility index (Phi) is 2.18. The first-order valence-electron chi connectivity index (χ1n) is 2.87. The molecule has 0 aliphatic rings. The minimum Gasteiger partial charge on any atom is -0.502 e. The number of aromatic carboxylic acids is 1. The van der Waals surface area contributed by atoms with Crippen LogP contribution in [-0.2, 0) is 0 Å². The van der Waals surface area contributed by atoms with Crippen molar-refractivity contribution in [3.63, 3.8) is 0 Å². The highest BCUT2D eigenvalue weighted by Crippen LogP contribution is 2.12. The van der Waals surface area contributed by atoms with Gasteiger partial charge in [0.05, 0.1) is 4.60 Å². The first-order chi connectivity index (χ1) is 5.52. The number of hydrogen-bond donors (Lipinski definition) is 3. The summed E-state index contributed by atoms with van der Waals surface area (Å²) in [4.78, 5) is 23.5. The van der Waals surface area contributed by atoms with Gasteiger partial charge in [-0.25, -0.2) is 4.79 Å². The molecule has 0 saturated carbocycles. The van der Waals surface area contributed by atoms with Crippen LogP contribution in [0.4, 0.5) is 0 Å². The molecule has 0 bridgehead atoms. The van der Waals surface area contributed by atoms with Crippen LogP contribution in [0.25, 0.3) is 0 Å². The number of rotatable bonds is 1. The molecule has 0 radical (unpaired) electrons. The molecule has 6 heteroatoms. The molecule has 1 aromatic heterocycles. The number of aromatic hydroxyl groups is 1. The van der Waals surface area contributed by atoms with E-state index >= 15 is 0 Å². The largest absolute Gasteiger partial charge is 0.502 e. The van der Waals surface area contributed by atoms with Crippen LogP contribution in [0.1, 0.15) is 10.5 Å². The summed E-state index contributed by atoms with van der Waals surface area (Å²) in [6.45, 7) is 0. The first-order valence-corrected chi connectivity index (χ1v) is 3.66. The second-order valence-corrected chi connectivity index (χ2v) is 2.86. The Morgan fingerprint density at radius 2 is 2.17 bits per heavy atom. The van der Waals surface area contributed by atoms with E-state index in [1.807, 2.05) is 0 Å². The number of hydrogen-bond acceptors (Lipinski definition) is 3. The summed E-state index contributed by atoms with van der Waals surface area (Å²) in [5.41, 5.74) is -1.26. The van der Waals surface area contributed by atoms with Crippen LogP contribution in [-0.4, -0.2) is 21.2 Å². The van der Waals surface area contributed by atoms with Crippen LogP contribution < -0.4 is 5.43 Å². The van der Waals surface area contributed by atoms with Crippen molar-refractivity contribution in [2.45, 2.75) is 0 Å². The van der Waals surface area contributed by atoms with Crippen LogP contribution in [0.2, 0.25) is 0 Å². The summed E-state index contributed by atoms with van der Waals surface area (Å²) >= 11 is 2.89. The van der Waals surface area contributed by atoms with Gasteiger partial charge >= 0.3 is 5.97 Å². The van der Waals surface area contributed by atoms with Crippen molar-refractivity contribution in [1.82, 2.24) is 4.98 Å². The van der Waals surface area contributed by atoms with Crippen LogP contribution in [0, 0.1) is 0 Å². The Bertz CT molecular complexity index is 384. The number of carboxylic acids is 1. The summed E-state index contributed by atoms with van der Waals surface area (Å²) in [6, 6.07) is 1.04. The van der Waals surface area contributed by atoms with Crippen molar-refractivity contribution in [3.8, 4) is 5.75 Å². The molecule has 64 valence electrons. The molecule has 1 heterocycles. The maximum absolute atomic E-state index is 10.8. The number of nitrogens with one attached hydrogen (secondary N) is 1. The molecule has 0 amide bonds. The smallest absolute Gasteiger partial charge is 0.356 e. The molecule has 0 unspecified atom stereocenters. The molecular formula is C6H4BrNO4. The van der Waals surface area contributed by atoms with E-state index in [9.17, 15) is 9.59 Å². The summed E-state index contributed by atoms with van der Waals surface area (Å²) in [6.07, 6.45) is 0. The summed E-state index contributed by atoms with van der Waals surface area (Å²) in [5, 5.41) is 17.4. The lowest BCUT2D eigenvalue weighted by molar-refractivity contribution is 0.0686. The quantitative estimate of drug-likeness (QED) is 0.618. The fourth-order valence-corrected chi connectivity index (χ4v) is 1.08. The van der Waals surface area contributed by atoms with E-state index in [0.717, 1.165) is 6.07 Å². The first kappa shape index (κ1) is 8.79. The minimum atomic E-state index is -1.38. The highest BCUT2D eigenvalue weighted by atomic mass is 79.9. The molecule has 3 N–H and O–H groups in total. The van der Waals surface area contributed by atoms with Crippen LogP contribution in [0.5, 0.6) is 5.75 Å². The highest BCUT2D eigenvalue weighted by Gasteiger charge is 2.13. The maximum atomic E-state index is 10.8. The average molecular weight is 234 g/mol. The van der Waals surface area contributed by atoms with Gasteiger partial charge < -0.3 is 15.2 Å². The number of aromatic nitrogens is 1. The number of halogens is 1. The van der Waals surface area contributed by atoms with E-state index in [4.69, 9.17) is 10.2 Å². The molecule has 1 rings (SSSR count). The van der Waals surface area contributed by atoms with Crippen molar-refractivity contribution in [3.05, 3.63) is 26.6 Å². The Morgan fingerprint density at radius 1 is 1.58 bits per heavy atom. The van der Waals surface area contributed by atoms with Crippen molar-refractivity contribution in [1.29, 1.82) is 0 Å². The number of carbonyl (C=O) groups is 1. The third-order valence-electron chi connectivity index (χ3n) is 1.19. The molecule has 0 fully saturated rings. The molecule has 0 aliphatic carbocycles. The molecule has 5 nitrogen and oxygen atoms in total. The van der Waals surface area contributed by atoms with Gasteiger partial charge in [-0.3, -0.25) is 4.79 Å². The van der Waals surface area contributed by atoms with Crippen molar-refractivity contribution < 1.29 is 15.0 Å². The lowest BCUT2D eigenvalue weighted by atomic mass is 10.3. The second-order valence-electron chi connectivity index (χ2n) is 2.01. The molecule has 0 spiro atoms. The molecule has 0 saturated heterocycles. The minimum absolute atomic E-state index is 0.211. The lowest BCUT2D eigenvalue weighted by Gasteiger charge is -1.98. The van der Waals surface area contributed by atoms with Gasteiger partial charge in [-0.05, 0) is 15.9 Å². The van der Waals surface area contributed by atoms with E-state index in [1.165, 1.54) is 0 Å². The number of carboxylic acid groups (broad SMARTS) is 1. The zero-order chi connectivity index (χ0) is 9.30. The van der Waals surface area contributed by atoms with Gasteiger partial charge in [0.15, 0.2) is 11.4 Å². The van der Waals surface area contributed by atoms with Gasteiger partial charge in [0, 0.05) is 6.07 Å². The van der Waals surface area contributed by atoms with E-state index in [0.29, 0.717) is 0 Å². The number of pyridine rings is 1. The topological polar surface area (TPSA) is 90.4 Å². The highest BCUT2D eigenvalue weighted by molar-refractivity contribution is 9.10. The number of aromatic amines is 1. The molecule has 1 aromatic rings. The zero-order valence-electron chi connectivity index (χ0n) is 5.67. The van der Waals surface area contributed by atoms with Crippen LogP contribution >= 0.6 is 15.9 Å². The van der Waals surface area contributed by atoms with Crippen LogP contribution in [0.15, 0.2) is 15.5 Å². The molecular weight excluding hydrogens is 230 g/mol. The van der Waals surface area contributed by atoms with Gasteiger partial charge in [-0.1, -0.05) is 0 Å². The van der Waals surface area contributed by atoms with E-state index in [-0.39, 0.29) is 4.60 Å². The molecule has 12 heavy (non-hydrogen) atoms. The normalized spacial score (nSPS) is 9.75. The monoisotopic (exact) mass is 233 g/mol. The SMILES string of the molecule is O=C(O)c1[nH]c(Br)cc(=O)c1O. The third kappa shape index (κ3) is 1.48. The second kappa shape index (κ2) is 2.98. The Labute approximate surface area is 74.8 Å². The Hall–Kier alpha value is -1.30. The zero-order valence-corrected chi connectivity index (χ0v) is 7.25. The molecule has 0 aromatic carbocycles. The Balaban J connectivity index is 3.48. The average Bonchev–Trinajstić information content (AvgIpc) is 1.96. The van der Waals surface area contributed by atoms with Gasteiger partial charge in [0.2, 0.25) is 5.43 Å². The predicted molar refractivity (Wildman–Crippen MR) is 43.4 cm³/mol. The van der Waals surface area contributed by atoms with Gasteiger partial charge in [0.1, 0.15) is 0 Å². The standard InChI is InChI=1S/C6H4BrNO4/c7-3-1-2(9)5(10)4(8-3)6(11)12/h1,10H,(H,8,9)(H,11,12).